The quantitative estimate of drug-likeness (QED) is 0.833. The van der Waals surface area contributed by atoms with Crippen molar-refractivity contribution in [2.75, 3.05) is 27.2 Å². The van der Waals surface area contributed by atoms with Crippen molar-refractivity contribution in [2.45, 2.75) is 49.7 Å². The van der Waals surface area contributed by atoms with E-state index in [1.165, 1.54) is 49.1 Å². The smallest absolute Gasteiger partial charge is 0.169 e. The van der Waals surface area contributed by atoms with Crippen LogP contribution in [0, 0.1) is 5.92 Å². The molecule has 1 saturated heterocycles. The minimum absolute atomic E-state index is 0.134. The molecule has 4 nitrogen and oxygen atoms in total. The summed E-state index contributed by atoms with van der Waals surface area (Å²) in [6.45, 7) is 2.47. The van der Waals surface area contributed by atoms with Crippen LogP contribution in [0.4, 0.5) is 0 Å². The summed E-state index contributed by atoms with van der Waals surface area (Å²) in [7, 11) is 4.21. The van der Waals surface area contributed by atoms with Gasteiger partial charge in [-0.2, -0.15) is 0 Å². The lowest BCUT2D eigenvalue weighted by Crippen LogP contribution is -2.67. The van der Waals surface area contributed by atoms with Crippen molar-refractivity contribution >= 4 is 0 Å². The largest absolute Gasteiger partial charge is 0.504 e. The summed E-state index contributed by atoms with van der Waals surface area (Å²) in [5.74, 6) is 2.74. The molecule has 2 bridgehead atoms. The number of allylic oxidation sites excluding steroid dienone is 2. The van der Waals surface area contributed by atoms with Crippen LogP contribution in [-0.4, -0.2) is 49.0 Å². The van der Waals surface area contributed by atoms with Gasteiger partial charge >= 0.3 is 0 Å². The standard InChI is InChI=1S/C23H27NO3/c1-24(13-14-4-3-5-14)11-10-23-16-7-9-19(26-2)22(23)27-21-18(25)8-6-15(20(21)23)12-17(16)24/h6-9,14,17,22H,3-5,10-13H2,1-2H3/p+1/t17-,22+,23+,24+/m1/s1. The number of aromatic hydroxyl groups is 1. The number of hydrogen-bond donors (Lipinski definition) is 1. The fourth-order valence-electron chi connectivity index (χ4n) is 6.67. The average molecular weight is 366 g/mol. The Bertz CT molecular complexity index is 899. The van der Waals surface area contributed by atoms with Gasteiger partial charge in [0.05, 0.1) is 32.7 Å². The van der Waals surface area contributed by atoms with E-state index in [2.05, 4.69) is 25.3 Å². The molecule has 142 valence electrons. The fourth-order valence-corrected chi connectivity index (χ4v) is 6.67. The number of rotatable bonds is 3. The summed E-state index contributed by atoms with van der Waals surface area (Å²) < 4.78 is 13.3. The minimum atomic E-state index is -0.149. The molecule has 1 aromatic carbocycles. The molecule has 2 heterocycles. The summed E-state index contributed by atoms with van der Waals surface area (Å²) in [5.41, 5.74) is 3.97. The molecular weight excluding hydrogens is 338 g/mol. The Morgan fingerprint density at radius 3 is 2.89 bits per heavy atom. The van der Waals surface area contributed by atoms with Gasteiger partial charge in [0.1, 0.15) is 11.8 Å². The molecule has 1 N–H and O–H groups in total. The first kappa shape index (κ1) is 16.1. The maximum Gasteiger partial charge on any atom is 0.169 e. The van der Waals surface area contributed by atoms with Crippen LogP contribution in [-0.2, 0) is 16.6 Å². The van der Waals surface area contributed by atoms with Crippen molar-refractivity contribution in [1.82, 2.24) is 0 Å². The molecule has 5 aliphatic rings. The van der Waals surface area contributed by atoms with Crippen LogP contribution in [0.15, 0.2) is 35.6 Å². The number of likely N-dealkylation sites (N-methyl/N-ethyl adjacent to an activating group) is 1. The number of benzene rings is 1. The topological polar surface area (TPSA) is 38.7 Å². The Balaban J connectivity index is 1.55. The van der Waals surface area contributed by atoms with Gasteiger partial charge in [-0.1, -0.05) is 18.6 Å². The molecule has 2 aliphatic heterocycles. The summed E-state index contributed by atoms with van der Waals surface area (Å²) in [4.78, 5) is 0. The summed E-state index contributed by atoms with van der Waals surface area (Å²) >= 11 is 0. The monoisotopic (exact) mass is 366 g/mol. The third-order valence-electron chi connectivity index (χ3n) is 8.23. The van der Waals surface area contributed by atoms with Crippen LogP contribution in [0.25, 0.3) is 0 Å². The van der Waals surface area contributed by atoms with Gasteiger partial charge in [0.2, 0.25) is 0 Å². The molecule has 1 saturated carbocycles. The van der Waals surface area contributed by atoms with E-state index >= 15 is 0 Å². The molecule has 4 atom stereocenters. The molecule has 1 aromatic rings. The van der Waals surface area contributed by atoms with E-state index < -0.39 is 0 Å². The highest BCUT2D eigenvalue weighted by molar-refractivity contribution is 5.66. The fraction of sp³-hybridized carbons (Fsp3) is 0.565. The van der Waals surface area contributed by atoms with Gasteiger partial charge in [0, 0.05) is 29.9 Å². The molecule has 0 radical (unpaired) electrons. The van der Waals surface area contributed by atoms with Crippen LogP contribution in [0.2, 0.25) is 0 Å². The van der Waals surface area contributed by atoms with E-state index in [1.807, 2.05) is 6.07 Å². The number of phenolic OH excluding ortho intramolecular Hbond substituents is 1. The lowest BCUT2D eigenvalue weighted by atomic mass is 9.56. The van der Waals surface area contributed by atoms with Crippen molar-refractivity contribution in [3.63, 3.8) is 0 Å². The third-order valence-corrected chi connectivity index (χ3v) is 8.23. The Morgan fingerprint density at radius 2 is 2.15 bits per heavy atom. The van der Waals surface area contributed by atoms with Crippen molar-refractivity contribution in [3.8, 4) is 11.5 Å². The maximum atomic E-state index is 10.5. The van der Waals surface area contributed by atoms with Crippen LogP contribution in [0.1, 0.15) is 36.8 Å². The maximum absolute atomic E-state index is 10.5. The van der Waals surface area contributed by atoms with Crippen LogP contribution >= 0.6 is 0 Å². The van der Waals surface area contributed by atoms with E-state index in [9.17, 15) is 5.11 Å². The first-order valence-corrected chi connectivity index (χ1v) is 10.4. The number of likely N-dealkylation sites (tertiary alicyclic amines) is 1. The van der Waals surface area contributed by atoms with Crippen LogP contribution < -0.4 is 4.74 Å². The Morgan fingerprint density at radius 1 is 1.30 bits per heavy atom. The van der Waals surface area contributed by atoms with Crippen molar-refractivity contribution in [3.05, 3.63) is 46.7 Å². The zero-order valence-corrected chi connectivity index (χ0v) is 16.2. The lowest BCUT2D eigenvalue weighted by molar-refractivity contribution is -0.937. The van der Waals surface area contributed by atoms with E-state index in [0.717, 1.165) is 29.0 Å². The van der Waals surface area contributed by atoms with Gasteiger partial charge < -0.3 is 19.1 Å². The highest BCUT2D eigenvalue weighted by Gasteiger charge is 2.65. The van der Waals surface area contributed by atoms with Crippen molar-refractivity contribution < 1.29 is 19.1 Å². The highest BCUT2D eigenvalue weighted by atomic mass is 16.5. The Hall–Kier alpha value is -1.94. The second-order valence-electron chi connectivity index (χ2n) is 9.46. The lowest BCUT2D eigenvalue weighted by Gasteiger charge is -2.58. The molecule has 3 aliphatic carbocycles. The number of piperidine rings is 1. The number of nitrogens with zero attached hydrogens (tertiary/aromatic N) is 1. The van der Waals surface area contributed by atoms with E-state index in [0.29, 0.717) is 11.8 Å². The average Bonchev–Trinajstić information content (AvgIpc) is 2.99. The summed E-state index contributed by atoms with van der Waals surface area (Å²) in [6, 6.07) is 4.46. The Labute approximate surface area is 160 Å². The summed E-state index contributed by atoms with van der Waals surface area (Å²) in [5, 5.41) is 10.5. The normalized spacial score (nSPS) is 38.3. The number of methoxy groups -OCH3 is 1. The first-order valence-electron chi connectivity index (χ1n) is 10.4. The third kappa shape index (κ3) is 1.83. The minimum Gasteiger partial charge on any atom is -0.504 e. The van der Waals surface area contributed by atoms with E-state index in [1.54, 1.807) is 7.11 Å². The second-order valence-corrected chi connectivity index (χ2v) is 9.46. The number of quaternary nitrogens is 1. The van der Waals surface area contributed by atoms with Gasteiger partial charge in [-0.25, -0.2) is 0 Å². The summed E-state index contributed by atoms with van der Waals surface area (Å²) in [6.07, 6.45) is 10.6. The number of hydrogen-bond acceptors (Lipinski definition) is 3. The van der Waals surface area contributed by atoms with Gasteiger partial charge in [-0.3, -0.25) is 0 Å². The molecule has 4 heteroatoms. The van der Waals surface area contributed by atoms with Crippen molar-refractivity contribution in [2.24, 2.45) is 5.92 Å². The Kier molecular flexibility index (Phi) is 3.04. The van der Waals surface area contributed by atoms with Crippen LogP contribution in [0.3, 0.4) is 0 Å². The highest BCUT2D eigenvalue weighted by Crippen LogP contribution is 2.63. The predicted octanol–water partition coefficient (Wildman–Crippen LogP) is 3.44. The number of ether oxygens (including phenoxy) is 2. The zero-order valence-electron chi connectivity index (χ0n) is 16.2. The SMILES string of the molecule is COC1=CC=C2[C@H]3Cc4ccc(O)c5c4[C@@]2(CC[N@@+]3(C)CC2CCC2)[C@H]1O5. The van der Waals surface area contributed by atoms with Crippen LogP contribution in [0.5, 0.6) is 11.5 Å². The van der Waals surface area contributed by atoms with Gasteiger partial charge in [0.25, 0.3) is 0 Å². The zero-order chi connectivity index (χ0) is 18.4. The molecule has 0 aromatic heterocycles. The van der Waals surface area contributed by atoms with E-state index in [4.69, 9.17) is 9.47 Å². The van der Waals surface area contributed by atoms with Gasteiger partial charge in [-0.15, -0.1) is 0 Å². The molecule has 27 heavy (non-hydrogen) atoms. The van der Waals surface area contributed by atoms with Gasteiger partial charge in [-0.05, 0) is 30.5 Å². The first-order chi connectivity index (χ1) is 13.1. The molecule has 0 amide bonds. The molecule has 2 fully saturated rings. The van der Waals surface area contributed by atoms with E-state index in [-0.39, 0.29) is 17.3 Å². The second kappa shape index (κ2) is 5.11. The number of phenols is 1. The molecule has 6 rings (SSSR count). The molecular formula is C23H28NO3+. The molecule has 0 unspecified atom stereocenters. The van der Waals surface area contributed by atoms with Gasteiger partial charge in [0.15, 0.2) is 17.6 Å². The molecule has 1 spiro atoms. The predicted molar refractivity (Wildman–Crippen MR) is 103 cm³/mol. The van der Waals surface area contributed by atoms with Crippen molar-refractivity contribution in [1.29, 1.82) is 0 Å².